The molecule has 0 aromatic heterocycles. The van der Waals surface area contributed by atoms with Crippen LogP contribution < -0.4 is 14.4 Å². The molecule has 0 aliphatic rings. The molecule has 0 saturated carbocycles. The van der Waals surface area contributed by atoms with Gasteiger partial charge in [-0.2, -0.15) is 0 Å². The van der Waals surface area contributed by atoms with Gasteiger partial charge in [0.05, 0.1) is 18.5 Å². The first-order valence-corrected chi connectivity index (χ1v) is 11.6. The zero-order chi connectivity index (χ0) is 21.4. The van der Waals surface area contributed by atoms with E-state index < -0.39 is 10.0 Å². The van der Waals surface area contributed by atoms with Gasteiger partial charge in [0.25, 0.3) is 0 Å². The van der Waals surface area contributed by atoms with Crippen molar-refractivity contribution in [2.45, 2.75) is 26.7 Å². The number of nitrogens with zero attached hydrogens (tertiary/aromatic N) is 1. The maximum Gasteiger partial charge on any atom is 0.232 e. The van der Waals surface area contributed by atoms with Crippen molar-refractivity contribution < 1.29 is 17.9 Å². The number of anilines is 1. The third-order valence-corrected chi connectivity index (χ3v) is 5.90. The molecule has 0 bridgehead atoms. The van der Waals surface area contributed by atoms with Crippen LogP contribution in [0.15, 0.2) is 42.5 Å². The van der Waals surface area contributed by atoms with Crippen LogP contribution in [0.5, 0.6) is 5.75 Å². The Hall–Kier alpha value is -2.25. The van der Waals surface area contributed by atoms with Gasteiger partial charge in [-0.3, -0.25) is 9.10 Å². The quantitative estimate of drug-likeness (QED) is 0.574. The van der Waals surface area contributed by atoms with E-state index in [4.69, 9.17) is 16.3 Å². The van der Waals surface area contributed by atoms with Crippen molar-refractivity contribution in [2.24, 2.45) is 0 Å². The van der Waals surface area contributed by atoms with Gasteiger partial charge >= 0.3 is 0 Å². The number of amides is 1. The molecular formula is C21H27ClN2O4S. The monoisotopic (exact) mass is 438 g/mol. The van der Waals surface area contributed by atoms with Crippen molar-refractivity contribution in [2.75, 3.05) is 30.3 Å². The van der Waals surface area contributed by atoms with Gasteiger partial charge < -0.3 is 10.1 Å². The predicted octanol–water partition coefficient (Wildman–Crippen LogP) is 3.70. The fourth-order valence-electron chi connectivity index (χ4n) is 2.73. The molecule has 0 heterocycles. The summed E-state index contributed by atoms with van der Waals surface area (Å²) in [5.41, 5.74) is 2.74. The summed E-state index contributed by atoms with van der Waals surface area (Å²) in [6.07, 6.45) is 1.83. The molecule has 0 aliphatic heterocycles. The first kappa shape index (κ1) is 23.0. The Morgan fingerprint density at radius 3 is 2.41 bits per heavy atom. The Labute approximate surface area is 177 Å². The van der Waals surface area contributed by atoms with Crippen LogP contribution in [0.3, 0.4) is 0 Å². The summed E-state index contributed by atoms with van der Waals surface area (Å²) in [7, 11) is -3.43. The zero-order valence-electron chi connectivity index (χ0n) is 16.9. The van der Waals surface area contributed by atoms with E-state index in [1.165, 1.54) is 10.6 Å². The number of nitrogens with one attached hydrogen (secondary N) is 1. The molecule has 0 atom stereocenters. The number of carbonyl (C=O) groups is 1. The van der Waals surface area contributed by atoms with E-state index in [1.54, 1.807) is 30.3 Å². The standard InChI is InChI=1S/C21H27ClN2O4S/c1-16-6-9-19(15-17(16)2)24(29(3,26)27)13-4-5-21(25)23-12-14-28-20-10-7-18(22)8-11-20/h6-11,15H,4-5,12-14H2,1-3H3,(H,23,25). The molecule has 6 nitrogen and oxygen atoms in total. The maximum atomic E-state index is 12.2. The second-order valence-corrected chi connectivity index (χ2v) is 9.20. The summed E-state index contributed by atoms with van der Waals surface area (Å²) in [4.78, 5) is 12.0. The molecule has 0 fully saturated rings. The number of carbonyl (C=O) groups excluding carboxylic acids is 1. The van der Waals surface area contributed by atoms with Crippen molar-refractivity contribution in [3.8, 4) is 5.75 Å². The number of halogens is 1. The lowest BCUT2D eigenvalue weighted by Crippen LogP contribution is -2.33. The van der Waals surface area contributed by atoms with Gasteiger partial charge in [0.15, 0.2) is 0 Å². The van der Waals surface area contributed by atoms with E-state index in [0.29, 0.717) is 36.0 Å². The Morgan fingerprint density at radius 2 is 1.79 bits per heavy atom. The van der Waals surface area contributed by atoms with Crippen LogP contribution >= 0.6 is 11.6 Å². The third kappa shape index (κ3) is 7.59. The highest BCUT2D eigenvalue weighted by Crippen LogP contribution is 2.21. The molecule has 158 valence electrons. The van der Waals surface area contributed by atoms with Crippen LogP contribution in [-0.4, -0.2) is 40.3 Å². The van der Waals surface area contributed by atoms with E-state index in [2.05, 4.69) is 5.32 Å². The number of sulfonamides is 1. The topological polar surface area (TPSA) is 75.7 Å². The molecule has 1 amide bonds. The average Bonchev–Trinajstić information content (AvgIpc) is 2.65. The molecule has 0 radical (unpaired) electrons. The fraction of sp³-hybridized carbons (Fsp3) is 0.381. The lowest BCUT2D eigenvalue weighted by Gasteiger charge is -2.23. The number of hydrogen-bond acceptors (Lipinski definition) is 4. The molecule has 0 aliphatic carbocycles. The van der Waals surface area contributed by atoms with Crippen LogP contribution in [0, 0.1) is 13.8 Å². The van der Waals surface area contributed by atoms with Crippen LogP contribution in [-0.2, 0) is 14.8 Å². The van der Waals surface area contributed by atoms with Gasteiger partial charge in [-0.15, -0.1) is 0 Å². The molecule has 2 aromatic rings. The summed E-state index contributed by atoms with van der Waals surface area (Å²) in [6, 6.07) is 12.5. The number of ether oxygens (including phenoxy) is 1. The van der Waals surface area contributed by atoms with E-state index in [1.807, 2.05) is 26.0 Å². The molecule has 2 aromatic carbocycles. The minimum Gasteiger partial charge on any atom is -0.492 e. The fourth-order valence-corrected chi connectivity index (χ4v) is 3.81. The highest BCUT2D eigenvalue weighted by Gasteiger charge is 2.18. The molecule has 2 rings (SSSR count). The van der Waals surface area contributed by atoms with Crippen molar-refractivity contribution in [1.82, 2.24) is 5.32 Å². The first-order chi connectivity index (χ1) is 13.7. The number of aryl methyl sites for hydroxylation is 2. The van der Waals surface area contributed by atoms with E-state index >= 15 is 0 Å². The second kappa shape index (κ2) is 10.5. The van der Waals surface area contributed by atoms with Gasteiger partial charge in [-0.25, -0.2) is 8.42 Å². The maximum absolute atomic E-state index is 12.2. The number of hydrogen-bond donors (Lipinski definition) is 1. The van der Waals surface area contributed by atoms with E-state index in [0.717, 1.165) is 11.1 Å². The minimum absolute atomic E-state index is 0.141. The van der Waals surface area contributed by atoms with E-state index in [9.17, 15) is 13.2 Å². The first-order valence-electron chi connectivity index (χ1n) is 9.37. The predicted molar refractivity (Wildman–Crippen MR) is 117 cm³/mol. The number of benzene rings is 2. The van der Waals surface area contributed by atoms with Gasteiger partial charge in [0.2, 0.25) is 15.9 Å². The molecule has 8 heteroatoms. The van der Waals surface area contributed by atoms with Crippen molar-refractivity contribution in [1.29, 1.82) is 0 Å². The average molecular weight is 439 g/mol. The lowest BCUT2D eigenvalue weighted by molar-refractivity contribution is -0.121. The van der Waals surface area contributed by atoms with Gasteiger partial charge in [-0.05, 0) is 67.8 Å². The zero-order valence-corrected chi connectivity index (χ0v) is 18.5. The molecule has 0 saturated heterocycles. The van der Waals surface area contributed by atoms with E-state index in [-0.39, 0.29) is 18.9 Å². The van der Waals surface area contributed by atoms with Crippen LogP contribution in [0.2, 0.25) is 5.02 Å². The Bertz CT molecular complexity index is 930. The highest BCUT2D eigenvalue weighted by molar-refractivity contribution is 7.92. The minimum atomic E-state index is -3.43. The summed E-state index contributed by atoms with van der Waals surface area (Å²) in [5.74, 6) is 0.541. The van der Waals surface area contributed by atoms with Crippen molar-refractivity contribution in [3.63, 3.8) is 0 Å². The lowest BCUT2D eigenvalue weighted by atomic mass is 10.1. The summed E-state index contributed by atoms with van der Waals surface area (Å²) in [5, 5.41) is 3.41. The van der Waals surface area contributed by atoms with Crippen molar-refractivity contribution in [3.05, 3.63) is 58.6 Å². The molecular weight excluding hydrogens is 412 g/mol. The number of rotatable bonds is 10. The van der Waals surface area contributed by atoms with Crippen LogP contribution in [0.4, 0.5) is 5.69 Å². The molecule has 29 heavy (non-hydrogen) atoms. The van der Waals surface area contributed by atoms with Gasteiger partial charge in [-0.1, -0.05) is 17.7 Å². The van der Waals surface area contributed by atoms with Crippen LogP contribution in [0.25, 0.3) is 0 Å². The van der Waals surface area contributed by atoms with Crippen LogP contribution in [0.1, 0.15) is 24.0 Å². The molecule has 0 spiro atoms. The normalized spacial score (nSPS) is 11.2. The molecule has 0 unspecified atom stereocenters. The summed E-state index contributed by atoms with van der Waals surface area (Å²) >= 11 is 5.81. The van der Waals surface area contributed by atoms with Gasteiger partial charge in [0.1, 0.15) is 12.4 Å². The Kier molecular flexibility index (Phi) is 8.34. The highest BCUT2D eigenvalue weighted by atomic mass is 35.5. The summed E-state index contributed by atoms with van der Waals surface area (Å²) < 4.78 is 31.2. The van der Waals surface area contributed by atoms with Crippen molar-refractivity contribution >= 4 is 33.2 Å². The Morgan fingerprint density at radius 1 is 1.10 bits per heavy atom. The van der Waals surface area contributed by atoms with Gasteiger partial charge in [0, 0.05) is 18.0 Å². The third-order valence-electron chi connectivity index (χ3n) is 4.45. The second-order valence-electron chi connectivity index (χ2n) is 6.86. The largest absolute Gasteiger partial charge is 0.492 e. The SMILES string of the molecule is Cc1ccc(N(CCCC(=O)NCCOc2ccc(Cl)cc2)S(C)(=O)=O)cc1C. The smallest absolute Gasteiger partial charge is 0.232 e. The molecule has 1 N–H and O–H groups in total. The Balaban J connectivity index is 1.77. The summed E-state index contributed by atoms with van der Waals surface area (Å²) in [6.45, 7) is 4.87.